The molecule has 2 aliphatic rings. The van der Waals surface area contributed by atoms with Crippen molar-refractivity contribution in [3.63, 3.8) is 0 Å². The number of nitrogens with one attached hydrogen (secondary N) is 2. The lowest BCUT2D eigenvalue weighted by atomic mass is 10.2. The van der Waals surface area contributed by atoms with Gasteiger partial charge < -0.3 is 20.3 Å². The molecular weight excluding hydrogens is 368 g/mol. The first-order chi connectivity index (χ1) is 13.8. The van der Waals surface area contributed by atoms with E-state index in [1.54, 1.807) is 0 Å². The van der Waals surface area contributed by atoms with Gasteiger partial charge in [0, 0.05) is 25.8 Å². The third kappa shape index (κ3) is 6.37. The Morgan fingerprint density at radius 1 is 1.31 bits per heavy atom. The molecule has 1 aliphatic carbocycles. The minimum atomic E-state index is -0.485. The van der Waals surface area contributed by atoms with Crippen LogP contribution in [0.1, 0.15) is 71.5 Å². The van der Waals surface area contributed by atoms with Gasteiger partial charge in [-0.05, 0) is 53.0 Å². The van der Waals surface area contributed by atoms with E-state index in [0.717, 1.165) is 37.7 Å². The fraction of sp³-hybridized carbons (Fsp3) is 0.762. The fourth-order valence-corrected chi connectivity index (χ4v) is 3.96. The van der Waals surface area contributed by atoms with Crippen molar-refractivity contribution >= 4 is 12.1 Å². The van der Waals surface area contributed by atoms with E-state index in [1.807, 2.05) is 20.8 Å². The standard InChI is InChI=1S/C21H36N6O2/c1-5-22-19(23-14-16-11-13-27(25-16)18-8-6-7-9-18)26-12-10-17(15-26)24-20(28)29-21(2,3)4/h11,13,17-18H,5-10,12,14-15H2,1-4H3,(H,22,23)(H,24,28)/t17-/m1/s1. The Labute approximate surface area is 174 Å². The first kappa shape index (κ1) is 21.5. The predicted molar refractivity (Wildman–Crippen MR) is 114 cm³/mol. The van der Waals surface area contributed by atoms with Crippen molar-refractivity contribution in [3.05, 3.63) is 18.0 Å². The highest BCUT2D eigenvalue weighted by Crippen LogP contribution is 2.28. The number of carbonyl (C=O) groups is 1. The van der Waals surface area contributed by atoms with Crippen molar-refractivity contribution in [1.29, 1.82) is 0 Å². The fourth-order valence-electron chi connectivity index (χ4n) is 3.96. The molecule has 0 spiro atoms. The quantitative estimate of drug-likeness (QED) is 0.582. The lowest BCUT2D eigenvalue weighted by Crippen LogP contribution is -2.44. The Morgan fingerprint density at radius 2 is 2.07 bits per heavy atom. The van der Waals surface area contributed by atoms with E-state index in [2.05, 4.69) is 39.4 Å². The molecule has 1 saturated heterocycles. The van der Waals surface area contributed by atoms with Gasteiger partial charge in [0.2, 0.25) is 0 Å². The van der Waals surface area contributed by atoms with Gasteiger partial charge in [-0.25, -0.2) is 9.79 Å². The maximum atomic E-state index is 12.0. The highest BCUT2D eigenvalue weighted by atomic mass is 16.6. The summed E-state index contributed by atoms with van der Waals surface area (Å²) in [6.45, 7) is 10.6. The van der Waals surface area contributed by atoms with Gasteiger partial charge in [-0.15, -0.1) is 0 Å². The van der Waals surface area contributed by atoms with Gasteiger partial charge >= 0.3 is 6.09 Å². The number of aromatic nitrogens is 2. The van der Waals surface area contributed by atoms with E-state index in [1.165, 1.54) is 25.7 Å². The number of carbonyl (C=O) groups excluding carboxylic acids is 1. The number of guanidine groups is 1. The molecule has 0 bridgehead atoms. The van der Waals surface area contributed by atoms with E-state index >= 15 is 0 Å². The van der Waals surface area contributed by atoms with Gasteiger partial charge in [0.1, 0.15) is 5.60 Å². The number of ether oxygens (including phenoxy) is 1. The Kier molecular flexibility index (Phi) is 7.03. The average molecular weight is 405 g/mol. The number of likely N-dealkylation sites (tertiary alicyclic amines) is 1. The van der Waals surface area contributed by atoms with Crippen LogP contribution in [0.25, 0.3) is 0 Å². The molecule has 1 atom stereocenters. The topological polar surface area (TPSA) is 83.8 Å². The molecule has 1 aliphatic heterocycles. The summed E-state index contributed by atoms with van der Waals surface area (Å²) in [5.41, 5.74) is 0.510. The van der Waals surface area contributed by atoms with Gasteiger partial charge in [0.15, 0.2) is 5.96 Å². The van der Waals surface area contributed by atoms with E-state index < -0.39 is 5.60 Å². The van der Waals surface area contributed by atoms with Crippen molar-refractivity contribution in [2.45, 2.75) is 84.0 Å². The van der Waals surface area contributed by atoms with Crippen LogP contribution in [0, 0.1) is 0 Å². The Balaban J connectivity index is 1.54. The van der Waals surface area contributed by atoms with Crippen LogP contribution in [-0.4, -0.2) is 58.0 Å². The zero-order chi connectivity index (χ0) is 20.9. The van der Waals surface area contributed by atoms with Crippen molar-refractivity contribution < 1.29 is 9.53 Å². The summed E-state index contributed by atoms with van der Waals surface area (Å²) in [6, 6.07) is 2.69. The second-order valence-corrected chi connectivity index (χ2v) is 8.97. The van der Waals surface area contributed by atoms with Gasteiger partial charge in [-0.3, -0.25) is 4.68 Å². The number of aliphatic imine (C=N–C) groups is 1. The summed E-state index contributed by atoms with van der Waals surface area (Å²) in [5.74, 6) is 0.872. The molecule has 1 saturated carbocycles. The number of hydrogen-bond acceptors (Lipinski definition) is 4. The number of amides is 1. The Hall–Kier alpha value is -2.25. The third-order valence-electron chi connectivity index (χ3n) is 5.30. The lowest BCUT2D eigenvalue weighted by Gasteiger charge is -2.23. The minimum absolute atomic E-state index is 0.0651. The monoisotopic (exact) mass is 404 g/mol. The maximum absolute atomic E-state index is 12.0. The van der Waals surface area contributed by atoms with Crippen LogP contribution in [0.4, 0.5) is 4.79 Å². The molecule has 29 heavy (non-hydrogen) atoms. The first-order valence-corrected chi connectivity index (χ1v) is 10.9. The summed E-state index contributed by atoms with van der Waals surface area (Å²) in [7, 11) is 0. The number of alkyl carbamates (subject to hydrolysis) is 1. The van der Waals surface area contributed by atoms with Crippen LogP contribution in [0.2, 0.25) is 0 Å². The zero-order valence-corrected chi connectivity index (χ0v) is 18.3. The van der Waals surface area contributed by atoms with Crippen LogP contribution in [0.3, 0.4) is 0 Å². The molecule has 162 valence electrons. The van der Waals surface area contributed by atoms with Crippen LogP contribution >= 0.6 is 0 Å². The number of rotatable bonds is 5. The molecule has 1 amide bonds. The van der Waals surface area contributed by atoms with E-state index in [-0.39, 0.29) is 12.1 Å². The molecule has 2 N–H and O–H groups in total. The lowest BCUT2D eigenvalue weighted by molar-refractivity contribution is 0.0507. The molecule has 0 aromatic carbocycles. The van der Waals surface area contributed by atoms with Gasteiger partial charge in [0.05, 0.1) is 24.3 Å². The molecule has 1 aromatic rings. The Bertz CT molecular complexity index is 702. The van der Waals surface area contributed by atoms with Crippen LogP contribution in [0.5, 0.6) is 0 Å². The molecule has 8 heteroatoms. The van der Waals surface area contributed by atoms with Gasteiger partial charge in [-0.2, -0.15) is 5.10 Å². The molecule has 8 nitrogen and oxygen atoms in total. The van der Waals surface area contributed by atoms with Crippen molar-refractivity contribution in [2.24, 2.45) is 4.99 Å². The highest BCUT2D eigenvalue weighted by molar-refractivity contribution is 5.80. The molecular formula is C21H36N6O2. The van der Waals surface area contributed by atoms with Crippen LogP contribution < -0.4 is 10.6 Å². The smallest absolute Gasteiger partial charge is 0.407 e. The number of nitrogens with zero attached hydrogens (tertiary/aromatic N) is 4. The van der Waals surface area contributed by atoms with Gasteiger partial charge in [0.25, 0.3) is 0 Å². The molecule has 3 rings (SSSR count). The molecule has 2 fully saturated rings. The van der Waals surface area contributed by atoms with Crippen LogP contribution in [-0.2, 0) is 11.3 Å². The molecule has 0 radical (unpaired) electrons. The highest BCUT2D eigenvalue weighted by Gasteiger charge is 2.28. The second-order valence-electron chi connectivity index (χ2n) is 8.97. The van der Waals surface area contributed by atoms with E-state index in [9.17, 15) is 4.79 Å². The SMILES string of the molecule is CCNC(=NCc1ccn(C2CCCC2)n1)N1CC[C@@H](NC(=O)OC(C)(C)C)C1. The summed E-state index contributed by atoms with van der Waals surface area (Å²) in [5, 5.41) is 11.1. The predicted octanol–water partition coefficient (Wildman–Crippen LogP) is 3.06. The van der Waals surface area contributed by atoms with Crippen LogP contribution in [0.15, 0.2) is 17.3 Å². The van der Waals surface area contributed by atoms with Crippen molar-refractivity contribution in [3.8, 4) is 0 Å². The summed E-state index contributed by atoms with van der Waals surface area (Å²) < 4.78 is 7.48. The van der Waals surface area contributed by atoms with Crippen molar-refractivity contribution in [2.75, 3.05) is 19.6 Å². The molecule has 2 heterocycles. The average Bonchev–Trinajstić information content (AvgIpc) is 3.37. The van der Waals surface area contributed by atoms with Gasteiger partial charge in [-0.1, -0.05) is 12.8 Å². The maximum Gasteiger partial charge on any atom is 0.407 e. The Morgan fingerprint density at radius 3 is 2.76 bits per heavy atom. The number of hydrogen-bond donors (Lipinski definition) is 2. The van der Waals surface area contributed by atoms with E-state index in [4.69, 9.17) is 14.8 Å². The summed E-state index contributed by atoms with van der Waals surface area (Å²) in [6.07, 6.45) is 7.67. The molecule has 1 aromatic heterocycles. The zero-order valence-electron chi connectivity index (χ0n) is 18.3. The molecule has 0 unspecified atom stereocenters. The summed E-state index contributed by atoms with van der Waals surface area (Å²) >= 11 is 0. The van der Waals surface area contributed by atoms with E-state index in [0.29, 0.717) is 12.6 Å². The summed E-state index contributed by atoms with van der Waals surface area (Å²) in [4.78, 5) is 19.0. The third-order valence-corrected chi connectivity index (χ3v) is 5.30. The normalized spacial score (nSPS) is 20.9. The van der Waals surface area contributed by atoms with Crippen molar-refractivity contribution in [1.82, 2.24) is 25.3 Å². The second kappa shape index (κ2) is 9.50. The minimum Gasteiger partial charge on any atom is -0.444 e. The first-order valence-electron chi connectivity index (χ1n) is 10.9. The largest absolute Gasteiger partial charge is 0.444 e.